The zero-order valence-electron chi connectivity index (χ0n) is 15.9. The number of amides is 1. The van der Waals surface area contributed by atoms with E-state index in [1.54, 1.807) is 0 Å². The van der Waals surface area contributed by atoms with E-state index >= 15 is 0 Å². The Labute approximate surface area is 150 Å². The lowest BCUT2D eigenvalue weighted by Gasteiger charge is -2.10. The molecule has 0 bridgehead atoms. The van der Waals surface area contributed by atoms with Crippen LogP contribution in [0, 0.1) is 13.8 Å². The minimum atomic E-state index is 0.0616. The van der Waals surface area contributed by atoms with E-state index in [4.69, 9.17) is 4.74 Å². The maximum Gasteiger partial charge on any atom is 0.220 e. The Balaban J connectivity index is 1.82. The van der Waals surface area contributed by atoms with Crippen molar-refractivity contribution in [1.82, 2.24) is 15.1 Å². The molecule has 0 saturated heterocycles. The number of carbonyl (C=O) groups is 1. The quantitative estimate of drug-likeness (QED) is 0.801. The van der Waals surface area contributed by atoms with Gasteiger partial charge >= 0.3 is 0 Å². The third-order valence-electron chi connectivity index (χ3n) is 4.33. The second-order valence-corrected chi connectivity index (χ2v) is 6.73. The number of hydrogen-bond donors (Lipinski definition) is 1. The fourth-order valence-corrected chi connectivity index (χ4v) is 2.80. The molecule has 1 amide bonds. The normalized spacial score (nSPS) is 11.1. The number of aryl methyl sites for hydroxylation is 2. The fraction of sp³-hybridized carbons (Fsp3) is 0.500. The van der Waals surface area contributed by atoms with Crippen molar-refractivity contribution in [2.45, 2.75) is 59.8 Å². The molecule has 0 saturated carbocycles. The van der Waals surface area contributed by atoms with Crippen LogP contribution < -0.4 is 5.32 Å². The minimum absolute atomic E-state index is 0.0616. The van der Waals surface area contributed by atoms with E-state index in [-0.39, 0.29) is 12.0 Å². The van der Waals surface area contributed by atoms with Gasteiger partial charge in [-0.3, -0.25) is 9.48 Å². The van der Waals surface area contributed by atoms with Crippen molar-refractivity contribution < 1.29 is 9.53 Å². The predicted molar refractivity (Wildman–Crippen MR) is 99.2 cm³/mol. The lowest BCUT2D eigenvalue weighted by atomic mass is 10.1. The first-order chi connectivity index (χ1) is 11.9. The van der Waals surface area contributed by atoms with E-state index in [9.17, 15) is 4.79 Å². The van der Waals surface area contributed by atoms with Gasteiger partial charge in [0.1, 0.15) is 0 Å². The Morgan fingerprint density at radius 1 is 1.28 bits per heavy atom. The number of rotatable bonds is 8. The number of ether oxygens (including phenoxy) is 1. The molecule has 136 valence electrons. The second-order valence-electron chi connectivity index (χ2n) is 6.73. The lowest BCUT2D eigenvalue weighted by molar-refractivity contribution is -0.121. The fourth-order valence-electron chi connectivity index (χ4n) is 2.80. The van der Waals surface area contributed by atoms with E-state index in [0.29, 0.717) is 19.6 Å². The van der Waals surface area contributed by atoms with Gasteiger partial charge in [0, 0.05) is 25.7 Å². The molecule has 1 aromatic carbocycles. The smallest absolute Gasteiger partial charge is 0.220 e. The molecule has 0 aliphatic rings. The average molecular weight is 343 g/mol. The topological polar surface area (TPSA) is 56.2 Å². The molecule has 0 radical (unpaired) electrons. The Kier molecular flexibility index (Phi) is 6.76. The van der Waals surface area contributed by atoms with Crippen LogP contribution in [0.1, 0.15) is 48.3 Å². The van der Waals surface area contributed by atoms with Crippen molar-refractivity contribution in [3.8, 4) is 0 Å². The summed E-state index contributed by atoms with van der Waals surface area (Å²) in [5.41, 5.74) is 5.52. The van der Waals surface area contributed by atoms with Crippen molar-refractivity contribution in [1.29, 1.82) is 0 Å². The highest BCUT2D eigenvalue weighted by atomic mass is 16.5. The number of nitrogens with one attached hydrogen (secondary N) is 1. The van der Waals surface area contributed by atoms with Crippen LogP contribution >= 0.6 is 0 Å². The zero-order chi connectivity index (χ0) is 18.4. The monoisotopic (exact) mass is 343 g/mol. The summed E-state index contributed by atoms with van der Waals surface area (Å²) in [6.07, 6.45) is 1.41. The molecule has 0 aliphatic carbocycles. The largest absolute Gasteiger partial charge is 0.374 e. The van der Waals surface area contributed by atoms with Crippen molar-refractivity contribution >= 4 is 5.91 Å². The van der Waals surface area contributed by atoms with Crippen molar-refractivity contribution in [3.05, 3.63) is 52.3 Å². The van der Waals surface area contributed by atoms with Gasteiger partial charge in [-0.1, -0.05) is 24.3 Å². The van der Waals surface area contributed by atoms with Gasteiger partial charge in [-0.25, -0.2) is 0 Å². The number of benzene rings is 1. The van der Waals surface area contributed by atoms with Crippen LogP contribution in [0.5, 0.6) is 0 Å². The van der Waals surface area contributed by atoms with E-state index < -0.39 is 0 Å². The summed E-state index contributed by atoms with van der Waals surface area (Å²) in [7, 11) is 1.93. The van der Waals surface area contributed by atoms with Gasteiger partial charge in [0.15, 0.2) is 0 Å². The molecule has 0 atom stereocenters. The summed E-state index contributed by atoms with van der Waals surface area (Å²) in [4.78, 5) is 12.2. The molecule has 0 fully saturated rings. The summed E-state index contributed by atoms with van der Waals surface area (Å²) in [6.45, 7) is 9.22. The maximum atomic E-state index is 12.2. The van der Waals surface area contributed by atoms with E-state index in [2.05, 4.69) is 16.5 Å². The summed E-state index contributed by atoms with van der Waals surface area (Å²) in [5.74, 6) is 0.0616. The third kappa shape index (κ3) is 5.71. The Hall–Kier alpha value is -2.14. The molecule has 1 aromatic heterocycles. The number of aromatic nitrogens is 2. The van der Waals surface area contributed by atoms with Crippen LogP contribution in [0.3, 0.4) is 0 Å². The summed E-state index contributed by atoms with van der Waals surface area (Å²) in [5, 5.41) is 7.39. The molecule has 25 heavy (non-hydrogen) atoms. The summed E-state index contributed by atoms with van der Waals surface area (Å²) < 4.78 is 7.49. The van der Waals surface area contributed by atoms with Crippen LogP contribution in [0.25, 0.3) is 0 Å². The standard InChI is InChI=1S/C20H29N3O2/c1-14(2)25-13-18-8-6-7-17(11-18)12-21-20(24)10-9-19-15(3)22-23(5)16(19)4/h6-8,11,14H,9-10,12-13H2,1-5H3,(H,21,24). The van der Waals surface area contributed by atoms with E-state index in [1.807, 2.05) is 57.6 Å². The Bertz CT molecular complexity index is 720. The highest BCUT2D eigenvalue weighted by molar-refractivity contribution is 5.76. The average Bonchev–Trinajstić information content (AvgIpc) is 2.82. The first-order valence-electron chi connectivity index (χ1n) is 8.82. The summed E-state index contributed by atoms with van der Waals surface area (Å²) in [6, 6.07) is 8.15. The number of carbonyl (C=O) groups excluding carboxylic acids is 1. The Morgan fingerprint density at radius 3 is 2.64 bits per heavy atom. The van der Waals surface area contributed by atoms with Gasteiger partial charge in [-0.2, -0.15) is 5.10 Å². The van der Waals surface area contributed by atoms with Gasteiger partial charge in [-0.05, 0) is 50.8 Å². The Morgan fingerprint density at radius 2 is 2.00 bits per heavy atom. The molecule has 0 aliphatic heterocycles. The van der Waals surface area contributed by atoms with Gasteiger partial charge in [-0.15, -0.1) is 0 Å². The van der Waals surface area contributed by atoms with E-state index in [0.717, 1.165) is 28.9 Å². The zero-order valence-corrected chi connectivity index (χ0v) is 15.9. The first kappa shape index (κ1) is 19.2. The molecule has 5 heteroatoms. The van der Waals surface area contributed by atoms with Crippen LogP contribution in [0.4, 0.5) is 0 Å². The molecule has 5 nitrogen and oxygen atoms in total. The van der Waals surface area contributed by atoms with Gasteiger partial charge in [0.2, 0.25) is 5.91 Å². The number of nitrogens with zero attached hydrogens (tertiary/aromatic N) is 2. The molecule has 0 unspecified atom stereocenters. The van der Waals surface area contributed by atoms with Crippen molar-refractivity contribution in [3.63, 3.8) is 0 Å². The molecule has 1 heterocycles. The van der Waals surface area contributed by atoms with Crippen LogP contribution in [-0.4, -0.2) is 21.8 Å². The SMILES string of the molecule is Cc1nn(C)c(C)c1CCC(=O)NCc1cccc(COC(C)C)c1. The molecular weight excluding hydrogens is 314 g/mol. The molecule has 1 N–H and O–H groups in total. The lowest BCUT2D eigenvalue weighted by Crippen LogP contribution is -2.23. The van der Waals surface area contributed by atoms with Gasteiger partial charge < -0.3 is 10.1 Å². The molecule has 2 rings (SSSR count). The third-order valence-corrected chi connectivity index (χ3v) is 4.33. The van der Waals surface area contributed by atoms with Gasteiger partial charge in [0.25, 0.3) is 0 Å². The van der Waals surface area contributed by atoms with Crippen molar-refractivity contribution in [2.75, 3.05) is 0 Å². The van der Waals surface area contributed by atoms with Crippen LogP contribution in [0.15, 0.2) is 24.3 Å². The maximum absolute atomic E-state index is 12.2. The van der Waals surface area contributed by atoms with E-state index in [1.165, 1.54) is 5.56 Å². The minimum Gasteiger partial charge on any atom is -0.374 e. The molecule has 2 aromatic rings. The highest BCUT2D eigenvalue weighted by Crippen LogP contribution is 2.14. The predicted octanol–water partition coefficient (Wildman–Crippen LogP) is 3.21. The highest BCUT2D eigenvalue weighted by Gasteiger charge is 2.11. The first-order valence-corrected chi connectivity index (χ1v) is 8.82. The van der Waals surface area contributed by atoms with Gasteiger partial charge in [0.05, 0.1) is 18.4 Å². The molecule has 0 spiro atoms. The summed E-state index contributed by atoms with van der Waals surface area (Å²) >= 11 is 0. The van der Waals surface area contributed by atoms with Crippen molar-refractivity contribution in [2.24, 2.45) is 7.05 Å². The molecular formula is C20H29N3O2. The van der Waals surface area contributed by atoms with Crippen LogP contribution in [0.2, 0.25) is 0 Å². The second kappa shape index (κ2) is 8.81. The van der Waals surface area contributed by atoms with Crippen LogP contribution in [-0.2, 0) is 36.2 Å². The number of hydrogen-bond acceptors (Lipinski definition) is 3.